The van der Waals surface area contributed by atoms with Crippen LogP contribution in [0.4, 0.5) is 0 Å². The fourth-order valence-corrected chi connectivity index (χ4v) is 0.417. The topological polar surface area (TPSA) is 29.4 Å². The predicted octanol–water partition coefficient (Wildman–Crippen LogP) is 1.96. The van der Waals surface area contributed by atoms with Crippen molar-refractivity contribution < 1.29 is 4.79 Å². The Kier molecular flexibility index (Phi) is 4.46. The first kappa shape index (κ1) is 9.08. The first-order valence-electron chi connectivity index (χ1n) is 3.36. The summed E-state index contributed by atoms with van der Waals surface area (Å²) < 4.78 is 0. The molecule has 10 heavy (non-hydrogen) atoms. The molecule has 0 atom stereocenters. The number of hydrogen-bond donors (Lipinski definition) is 0. The van der Waals surface area contributed by atoms with Gasteiger partial charge in [-0.3, -0.25) is 9.79 Å². The van der Waals surface area contributed by atoms with E-state index >= 15 is 0 Å². The summed E-state index contributed by atoms with van der Waals surface area (Å²) >= 11 is 0. The highest BCUT2D eigenvalue weighted by Gasteiger charge is 1.86. The summed E-state index contributed by atoms with van der Waals surface area (Å²) in [6, 6.07) is 0. The first-order chi connectivity index (χ1) is 4.70. The van der Waals surface area contributed by atoms with Gasteiger partial charge >= 0.3 is 0 Å². The third-order valence-electron chi connectivity index (χ3n) is 1.05. The summed E-state index contributed by atoms with van der Waals surface area (Å²) in [7, 11) is 0. The van der Waals surface area contributed by atoms with Crippen molar-refractivity contribution in [2.45, 2.75) is 27.2 Å². The van der Waals surface area contributed by atoms with Gasteiger partial charge in [-0.2, -0.15) is 0 Å². The van der Waals surface area contributed by atoms with Gasteiger partial charge in [0.2, 0.25) is 0 Å². The molecule has 2 nitrogen and oxygen atoms in total. The van der Waals surface area contributed by atoms with Crippen LogP contribution >= 0.6 is 0 Å². The number of rotatable bonds is 3. The summed E-state index contributed by atoms with van der Waals surface area (Å²) in [5, 5.41) is 0. The second-order valence-electron chi connectivity index (χ2n) is 2.25. The van der Waals surface area contributed by atoms with Crippen LogP contribution in [0.1, 0.15) is 27.2 Å². The van der Waals surface area contributed by atoms with Gasteiger partial charge in [0.05, 0.1) is 0 Å². The lowest BCUT2D eigenvalue weighted by atomic mass is 10.2. The zero-order valence-corrected chi connectivity index (χ0v) is 6.72. The molecule has 0 N–H and O–H groups in total. The van der Waals surface area contributed by atoms with Crippen LogP contribution in [0.5, 0.6) is 0 Å². The smallest absolute Gasteiger partial charge is 0.147 e. The lowest BCUT2D eigenvalue weighted by Gasteiger charge is -1.88. The van der Waals surface area contributed by atoms with E-state index in [4.69, 9.17) is 0 Å². The van der Waals surface area contributed by atoms with E-state index < -0.39 is 0 Å². The van der Waals surface area contributed by atoms with Crippen molar-refractivity contribution in [2.24, 2.45) is 4.99 Å². The second kappa shape index (κ2) is 4.91. The zero-order chi connectivity index (χ0) is 7.98. The summed E-state index contributed by atoms with van der Waals surface area (Å²) in [5.74, 6) is 0. The minimum Gasteiger partial charge on any atom is -0.298 e. The number of carbonyl (C=O) groups is 1. The highest BCUT2D eigenvalue weighted by Crippen LogP contribution is 1.95. The van der Waals surface area contributed by atoms with E-state index in [1.165, 1.54) is 0 Å². The maximum atomic E-state index is 10.2. The number of allylic oxidation sites excluding steroid dienone is 1. The number of nitrogens with zero attached hydrogens (tertiary/aromatic N) is 1. The van der Waals surface area contributed by atoms with Crippen molar-refractivity contribution in [3.63, 3.8) is 0 Å². The van der Waals surface area contributed by atoms with Crippen molar-refractivity contribution in [1.82, 2.24) is 0 Å². The monoisotopic (exact) mass is 139 g/mol. The van der Waals surface area contributed by atoms with Crippen molar-refractivity contribution in [3.8, 4) is 0 Å². The Morgan fingerprint density at radius 3 is 2.40 bits per heavy atom. The summed E-state index contributed by atoms with van der Waals surface area (Å²) in [5.41, 5.74) is 1.70. The van der Waals surface area contributed by atoms with Gasteiger partial charge in [0.1, 0.15) is 6.29 Å². The summed E-state index contributed by atoms with van der Waals surface area (Å²) in [4.78, 5) is 14.2. The Morgan fingerprint density at radius 2 is 2.10 bits per heavy atom. The van der Waals surface area contributed by atoms with Crippen LogP contribution in [-0.2, 0) is 4.79 Å². The molecule has 0 aromatic carbocycles. The van der Waals surface area contributed by atoms with Gasteiger partial charge in [0.25, 0.3) is 0 Å². The molecular weight excluding hydrogens is 126 g/mol. The fourth-order valence-electron chi connectivity index (χ4n) is 0.417. The molecule has 0 spiro atoms. The van der Waals surface area contributed by atoms with Crippen LogP contribution in [0.2, 0.25) is 0 Å². The second-order valence-corrected chi connectivity index (χ2v) is 2.25. The lowest BCUT2D eigenvalue weighted by molar-refractivity contribution is -0.105. The van der Waals surface area contributed by atoms with Crippen LogP contribution in [0.3, 0.4) is 0 Å². The Balaban J connectivity index is 4.12. The molecule has 0 saturated carbocycles. The lowest BCUT2D eigenvalue weighted by Crippen LogP contribution is -1.82. The molecule has 0 saturated heterocycles. The van der Waals surface area contributed by atoms with Gasteiger partial charge in [-0.25, -0.2) is 0 Å². The van der Waals surface area contributed by atoms with Gasteiger partial charge in [-0.1, -0.05) is 6.92 Å². The maximum absolute atomic E-state index is 10.2. The Morgan fingerprint density at radius 1 is 1.50 bits per heavy atom. The van der Waals surface area contributed by atoms with E-state index in [2.05, 4.69) is 4.99 Å². The maximum Gasteiger partial charge on any atom is 0.147 e. The van der Waals surface area contributed by atoms with E-state index in [0.717, 1.165) is 24.0 Å². The molecule has 0 aliphatic heterocycles. The van der Waals surface area contributed by atoms with Crippen molar-refractivity contribution in [3.05, 3.63) is 11.8 Å². The Bertz CT molecular complexity index is 164. The van der Waals surface area contributed by atoms with E-state index in [-0.39, 0.29) is 0 Å². The quantitative estimate of drug-likeness (QED) is 0.334. The third kappa shape index (κ3) is 4.01. The van der Waals surface area contributed by atoms with E-state index in [1.807, 2.05) is 20.8 Å². The first-order valence-corrected chi connectivity index (χ1v) is 3.36. The minimum atomic E-state index is 0.737. The van der Waals surface area contributed by atoms with Crippen LogP contribution < -0.4 is 0 Å². The fraction of sp³-hybridized carbons (Fsp3) is 0.500. The van der Waals surface area contributed by atoms with Gasteiger partial charge in [0.15, 0.2) is 0 Å². The number of aliphatic imine (C=N–C) groups is 1. The molecule has 0 radical (unpaired) electrons. The van der Waals surface area contributed by atoms with Gasteiger partial charge in [-0.05, 0) is 20.3 Å². The number of aldehydes is 1. The molecule has 0 heterocycles. The van der Waals surface area contributed by atoms with Gasteiger partial charge in [0, 0.05) is 17.5 Å². The zero-order valence-electron chi connectivity index (χ0n) is 6.72. The van der Waals surface area contributed by atoms with Crippen LogP contribution in [0, 0.1) is 0 Å². The van der Waals surface area contributed by atoms with Crippen LogP contribution in [0.15, 0.2) is 16.8 Å². The van der Waals surface area contributed by atoms with Crippen LogP contribution in [0.25, 0.3) is 0 Å². The highest BCUT2D eigenvalue weighted by atomic mass is 16.1. The number of carbonyl (C=O) groups excluding carboxylic acids is 1. The molecule has 0 fully saturated rings. The predicted molar refractivity (Wildman–Crippen MR) is 43.2 cm³/mol. The van der Waals surface area contributed by atoms with Gasteiger partial charge < -0.3 is 0 Å². The van der Waals surface area contributed by atoms with E-state index in [0.29, 0.717) is 0 Å². The minimum absolute atomic E-state index is 0.737. The van der Waals surface area contributed by atoms with Crippen molar-refractivity contribution in [2.75, 3.05) is 0 Å². The van der Waals surface area contributed by atoms with Crippen molar-refractivity contribution in [1.29, 1.82) is 0 Å². The molecule has 0 unspecified atom stereocenters. The Hall–Kier alpha value is -0.920. The third-order valence-corrected chi connectivity index (χ3v) is 1.05. The van der Waals surface area contributed by atoms with E-state index in [9.17, 15) is 4.79 Å². The number of hydrogen-bond acceptors (Lipinski definition) is 2. The largest absolute Gasteiger partial charge is 0.298 e. The normalized spacial score (nSPS) is 10.9. The van der Waals surface area contributed by atoms with Crippen molar-refractivity contribution >= 4 is 12.0 Å². The molecule has 0 bridgehead atoms. The molecule has 0 aromatic heterocycles. The molecule has 0 aliphatic carbocycles. The Labute approximate surface area is 61.7 Å². The average molecular weight is 139 g/mol. The highest BCUT2D eigenvalue weighted by molar-refractivity contribution is 5.81. The summed E-state index contributed by atoms with van der Waals surface area (Å²) in [6.07, 6.45) is 3.20. The molecule has 2 heteroatoms. The summed E-state index contributed by atoms with van der Waals surface area (Å²) in [6.45, 7) is 5.73. The molecule has 0 rings (SSSR count). The molecular formula is C8H13NO. The molecule has 0 amide bonds. The SMILES string of the molecule is CC/C(C=O)=C\N=C(C)C. The average Bonchev–Trinajstić information content (AvgIpc) is 1.90. The molecule has 56 valence electrons. The van der Waals surface area contributed by atoms with Gasteiger partial charge in [-0.15, -0.1) is 0 Å². The molecule has 0 aliphatic rings. The van der Waals surface area contributed by atoms with E-state index in [1.54, 1.807) is 6.20 Å². The van der Waals surface area contributed by atoms with Crippen LogP contribution in [-0.4, -0.2) is 12.0 Å². The standard InChI is InChI=1S/C8H13NO/c1-4-8(6-10)5-9-7(2)3/h5-6H,4H2,1-3H3/b8-5+. The molecule has 0 aromatic rings.